The predicted molar refractivity (Wildman–Crippen MR) is 98.7 cm³/mol. The van der Waals surface area contributed by atoms with Crippen LogP contribution >= 0.6 is 15.9 Å². The third-order valence-corrected chi connectivity index (χ3v) is 4.08. The lowest BCUT2D eigenvalue weighted by atomic mass is 10.2. The minimum Gasteiger partial charge on any atom is -0.497 e. The highest BCUT2D eigenvalue weighted by Gasteiger charge is 2.09. The van der Waals surface area contributed by atoms with E-state index >= 15 is 0 Å². The Labute approximate surface area is 150 Å². The Bertz CT molecular complexity index is 689. The summed E-state index contributed by atoms with van der Waals surface area (Å²) in [4.78, 5) is 14.1. The van der Waals surface area contributed by atoms with Gasteiger partial charge in [0.1, 0.15) is 11.5 Å². The van der Waals surface area contributed by atoms with E-state index in [2.05, 4.69) is 21.2 Å². The Kier molecular flexibility index (Phi) is 6.63. The van der Waals surface area contributed by atoms with Crippen molar-refractivity contribution < 1.29 is 14.3 Å². The Balaban J connectivity index is 1.87. The first-order chi connectivity index (χ1) is 11.5. The Morgan fingerprint density at radius 2 is 1.83 bits per heavy atom. The van der Waals surface area contributed by atoms with Crippen LogP contribution in [0.4, 0.5) is 5.69 Å². The molecule has 128 valence electrons. The topological polar surface area (TPSA) is 50.8 Å². The minimum atomic E-state index is -0.0600. The van der Waals surface area contributed by atoms with Crippen molar-refractivity contribution in [3.8, 4) is 11.5 Å². The second-order valence-electron chi connectivity index (χ2n) is 5.42. The van der Waals surface area contributed by atoms with Gasteiger partial charge in [-0.25, -0.2) is 0 Å². The fraction of sp³-hybridized carbons (Fsp3) is 0.278. The van der Waals surface area contributed by atoms with Crippen molar-refractivity contribution in [2.24, 2.45) is 0 Å². The summed E-state index contributed by atoms with van der Waals surface area (Å²) >= 11 is 3.47. The molecule has 2 aromatic rings. The highest BCUT2D eigenvalue weighted by Crippen LogP contribution is 2.25. The van der Waals surface area contributed by atoms with Crippen molar-refractivity contribution in [1.29, 1.82) is 0 Å². The molecule has 0 atom stereocenters. The van der Waals surface area contributed by atoms with Gasteiger partial charge < -0.3 is 14.8 Å². The monoisotopic (exact) mass is 392 g/mol. The van der Waals surface area contributed by atoms with Gasteiger partial charge in [-0.15, -0.1) is 0 Å². The van der Waals surface area contributed by atoms with Gasteiger partial charge in [0.2, 0.25) is 5.91 Å². The molecule has 0 saturated heterocycles. The first kappa shape index (κ1) is 18.3. The van der Waals surface area contributed by atoms with Crippen LogP contribution in [0.3, 0.4) is 0 Å². The van der Waals surface area contributed by atoms with Gasteiger partial charge in [-0.3, -0.25) is 9.69 Å². The molecule has 0 spiro atoms. The SMILES string of the molecule is COc1ccc(NC(=O)CN(C)Cc2ccc(OC)c(Br)c2)cc1. The van der Waals surface area contributed by atoms with Crippen molar-refractivity contribution >= 4 is 27.5 Å². The van der Waals surface area contributed by atoms with Crippen molar-refractivity contribution in [2.75, 3.05) is 33.1 Å². The van der Waals surface area contributed by atoms with Gasteiger partial charge in [-0.05, 0) is 64.9 Å². The molecular weight excluding hydrogens is 372 g/mol. The maximum absolute atomic E-state index is 12.1. The van der Waals surface area contributed by atoms with Gasteiger partial charge >= 0.3 is 0 Å². The Morgan fingerprint density at radius 1 is 1.12 bits per heavy atom. The zero-order valence-electron chi connectivity index (χ0n) is 14.0. The van der Waals surface area contributed by atoms with Crippen LogP contribution in [-0.4, -0.2) is 38.6 Å². The van der Waals surface area contributed by atoms with E-state index in [1.165, 1.54) is 0 Å². The number of carbonyl (C=O) groups is 1. The van der Waals surface area contributed by atoms with Gasteiger partial charge in [-0.1, -0.05) is 6.07 Å². The minimum absolute atomic E-state index is 0.0600. The smallest absolute Gasteiger partial charge is 0.238 e. The van der Waals surface area contributed by atoms with E-state index in [9.17, 15) is 4.79 Å². The van der Waals surface area contributed by atoms with Crippen LogP contribution < -0.4 is 14.8 Å². The molecule has 0 unspecified atom stereocenters. The molecule has 0 aliphatic heterocycles. The molecule has 1 N–H and O–H groups in total. The fourth-order valence-corrected chi connectivity index (χ4v) is 2.88. The molecule has 0 fully saturated rings. The summed E-state index contributed by atoms with van der Waals surface area (Å²) in [6, 6.07) is 13.2. The van der Waals surface area contributed by atoms with E-state index < -0.39 is 0 Å². The van der Waals surface area contributed by atoms with E-state index in [0.717, 1.165) is 27.2 Å². The van der Waals surface area contributed by atoms with E-state index in [4.69, 9.17) is 9.47 Å². The summed E-state index contributed by atoms with van der Waals surface area (Å²) in [5.74, 6) is 1.49. The number of ether oxygens (including phenoxy) is 2. The van der Waals surface area contributed by atoms with Crippen LogP contribution in [-0.2, 0) is 11.3 Å². The molecule has 1 amide bonds. The summed E-state index contributed by atoms with van der Waals surface area (Å²) in [7, 11) is 5.15. The summed E-state index contributed by atoms with van der Waals surface area (Å²) in [5.41, 5.74) is 1.85. The third kappa shape index (κ3) is 5.25. The summed E-state index contributed by atoms with van der Waals surface area (Å²) in [5, 5.41) is 2.87. The highest BCUT2D eigenvalue weighted by atomic mass is 79.9. The third-order valence-electron chi connectivity index (χ3n) is 3.46. The van der Waals surface area contributed by atoms with E-state index in [-0.39, 0.29) is 5.91 Å². The number of anilines is 1. The van der Waals surface area contributed by atoms with Crippen molar-refractivity contribution in [3.05, 3.63) is 52.5 Å². The maximum Gasteiger partial charge on any atom is 0.238 e. The molecule has 0 aliphatic carbocycles. The van der Waals surface area contributed by atoms with Crippen LogP contribution in [0.2, 0.25) is 0 Å². The molecule has 2 aromatic carbocycles. The number of nitrogens with zero attached hydrogens (tertiary/aromatic N) is 1. The largest absolute Gasteiger partial charge is 0.497 e. The van der Waals surface area contributed by atoms with E-state index in [0.29, 0.717) is 13.1 Å². The average molecular weight is 393 g/mol. The lowest BCUT2D eigenvalue weighted by Crippen LogP contribution is -2.29. The number of hydrogen-bond acceptors (Lipinski definition) is 4. The number of rotatable bonds is 7. The maximum atomic E-state index is 12.1. The van der Waals surface area contributed by atoms with Gasteiger partial charge in [0.15, 0.2) is 0 Å². The molecule has 0 heterocycles. The lowest BCUT2D eigenvalue weighted by Gasteiger charge is -2.17. The molecule has 24 heavy (non-hydrogen) atoms. The highest BCUT2D eigenvalue weighted by molar-refractivity contribution is 9.10. The molecule has 0 radical (unpaired) electrons. The van der Waals surface area contributed by atoms with Gasteiger partial charge in [0, 0.05) is 12.2 Å². The molecule has 0 bridgehead atoms. The molecular formula is C18H21BrN2O3. The summed E-state index contributed by atoms with van der Waals surface area (Å²) in [6.07, 6.45) is 0. The first-order valence-electron chi connectivity index (χ1n) is 7.46. The van der Waals surface area contributed by atoms with E-state index in [1.54, 1.807) is 14.2 Å². The summed E-state index contributed by atoms with van der Waals surface area (Å²) in [6.45, 7) is 0.967. The van der Waals surface area contributed by atoms with Crippen molar-refractivity contribution in [2.45, 2.75) is 6.54 Å². The molecule has 0 aliphatic rings. The van der Waals surface area contributed by atoms with Gasteiger partial charge in [-0.2, -0.15) is 0 Å². The molecule has 6 heteroatoms. The number of carbonyl (C=O) groups excluding carboxylic acids is 1. The van der Waals surface area contributed by atoms with Gasteiger partial charge in [0.25, 0.3) is 0 Å². The lowest BCUT2D eigenvalue weighted by molar-refractivity contribution is -0.117. The predicted octanol–water partition coefficient (Wildman–Crippen LogP) is 3.54. The molecule has 2 rings (SSSR count). The van der Waals surface area contributed by atoms with Crippen LogP contribution in [0.25, 0.3) is 0 Å². The number of halogens is 1. The van der Waals surface area contributed by atoms with Crippen molar-refractivity contribution in [1.82, 2.24) is 4.90 Å². The van der Waals surface area contributed by atoms with E-state index in [1.807, 2.05) is 54.4 Å². The second kappa shape index (κ2) is 8.70. The van der Waals surface area contributed by atoms with Crippen LogP contribution in [0.1, 0.15) is 5.56 Å². The standard InChI is InChI=1S/C18H21BrN2O3/c1-21(11-13-4-9-17(24-3)16(19)10-13)12-18(22)20-14-5-7-15(23-2)8-6-14/h4-10H,11-12H2,1-3H3,(H,20,22). The molecule has 5 nitrogen and oxygen atoms in total. The number of methoxy groups -OCH3 is 2. The van der Waals surface area contributed by atoms with Crippen LogP contribution in [0.15, 0.2) is 46.9 Å². The quantitative estimate of drug-likeness (QED) is 0.782. The fourth-order valence-electron chi connectivity index (χ4n) is 2.30. The second-order valence-corrected chi connectivity index (χ2v) is 6.27. The van der Waals surface area contributed by atoms with Gasteiger partial charge in [0.05, 0.1) is 25.2 Å². The average Bonchev–Trinajstić information content (AvgIpc) is 2.55. The Morgan fingerprint density at radius 3 is 2.42 bits per heavy atom. The number of hydrogen-bond donors (Lipinski definition) is 1. The zero-order valence-corrected chi connectivity index (χ0v) is 15.6. The van der Waals surface area contributed by atoms with Crippen molar-refractivity contribution in [3.63, 3.8) is 0 Å². The number of benzene rings is 2. The molecule has 0 aromatic heterocycles. The molecule has 0 saturated carbocycles. The summed E-state index contributed by atoms with van der Waals surface area (Å²) < 4.78 is 11.2. The first-order valence-corrected chi connectivity index (χ1v) is 8.26. The number of nitrogens with one attached hydrogen (secondary N) is 1. The Hall–Kier alpha value is -2.05. The van der Waals surface area contributed by atoms with Crippen LogP contribution in [0.5, 0.6) is 11.5 Å². The number of likely N-dealkylation sites (N-methyl/N-ethyl adjacent to an activating group) is 1. The number of amides is 1. The normalized spacial score (nSPS) is 10.5. The van der Waals surface area contributed by atoms with Crippen LogP contribution in [0, 0.1) is 0 Å². The zero-order chi connectivity index (χ0) is 17.5.